The van der Waals surface area contributed by atoms with Gasteiger partial charge in [-0.15, -0.1) is 0 Å². The number of aryl methyl sites for hydroxylation is 3. The number of hydrogen-bond acceptors (Lipinski definition) is 0. The average molecular weight is 234 g/mol. The molecule has 0 aliphatic heterocycles. The molecule has 0 aliphatic rings. The van der Waals surface area contributed by atoms with E-state index in [4.69, 9.17) is 0 Å². The highest BCUT2D eigenvalue weighted by Crippen LogP contribution is 2.13. The van der Waals surface area contributed by atoms with Gasteiger partial charge in [0, 0.05) is 11.1 Å². The van der Waals surface area contributed by atoms with Crippen LogP contribution >= 0.6 is 0 Å². The molecule has 0 amide bonds. The Morgan fingerprint density at radius 3 is 2.17 bits per heavy atom. The first-order valence-corrected chi connectivity index (χ1v) is 6.38. The molecule has 0 heteroatoms. The summed E-state index contributed by atoms with van der Waals surface area (Å²) in [5.74, 6) is 6.63. The molecule has 0 atom stereocenters. The van der Waals surface area contributed by atoms with Crippen molar-refractivity contribution >= 4 is 0 Å². The minimum Gasteiger partial charge on any atom is -0.0619 e. The van der Waals surface area contributed by atoms with E-state index in [9.17, 15) is 0 Å². The van der Waals surface area contributed by atoms with Crippen LogP contribution in [0.4, 0.5) is 0 Å². The maximum Gasteiger partial charge on any atom is 0.0307 e. The first-order chi connectivity index (χ1) is 8.72. The van der Waals surface area contributed by atoms with Gasteiger partial charge in [0.25, 0.3) is 0 Å². The molecule has 0 unspecified atom stereocenters. The Hall–Kier alpha value is -2.00. The van der Waals surface area contributed by atoms with Crippen LogP contribution in [0.5, 0.6) is 0 Å². The fraction of sp³-hybridized carbons (Fsp3) is 0.222. The lowest BCUT2D eigenvalue weighted by Crippen LogP contribution is -1.89. The summed E-state index contributed by atoms with van der Waals surface area (Å²) in [6, 6.07) is 14.7. The van der Waals surface area contributed by atoms with E-state index in [-0.39, 0.29) is 0 Å². The van der Waals surface area contributed by atoms with Gasteiger partial charge in [-0.1, -0.05) is 55.2 Å². The summed E-state index contributed by atoms with van der Waals surface area (Å²) in [5, 5.41) is 0. The zero-order chi connectivity index (χ0) is 13.0. The van der Waals surface area contributed by atoms with Gasteiger partial charge in [0.1, 0.15) is 0 Å². The molecule has 0 aromatic heterocycles. The fourth-order valence-corrected chi connectivity index (χ4v) is 2.09. The van der Waals surface area contributed by atoms with Crippen molar-refractivity contribution in [1.29, 1.82) is 0 Å². The minimum absolute atomic E-state index is 1.03. The molecule has 0 saturated heterocycles. The van der Waals surface area contributed by atoms with Crippen molar-refractivity contribution in [2.45, 2.75) is 27.2 Å². The lowest BCUT2D eigenvalue weighted by atomic mass is 10.0. The van der Waals surface area contributed by atoms with Crippen LogP contribution in [0.1, 0.15) is 34.7 Å². The molecule has 0 saturated carbocycles. The summed E-state index contributed by atoms with van der Waals surface area (Å²) < 4.78 is 0. The van der Waals surface area contributed by atoms with E-state index < -0.39 is 0 Å². The van der Waals surface area contributed by atoms with Crippen molar-refractivity contribution in [3.63, 3.8) is 0 Å². The third-order valence-corrected chi connectivity index (χ3v) is 3.20. The Kier molecular flexibility index (Phi) is 3.85. The molecule has 2 aromatic rings. The molecule has 18 heavy (non-hydrogen) atoms. The first-order valence-electron chi connectivity index (χ1n) is 6.38. The second kappa shape index (κ2) is 5.56. The van der Waals surface area contributed by atoms with Gasteiger partial charge in [0.15, 0.2) is 0 Å². The molecule has 0 aliphatic carbocycles. The summed E-state index contributed by atoms with van der Waals surface area (Å²) in [5.41, 5.74) is 6.11. The fourth-order valence-electron chi connectivity index (χ4n) is 2.09. The molecule has 0 bridgehead atoms. The lowest BCUT2D eigenvalue weighted by molar-refractivity contribution is 1.13. The van der Waals surface area contributed by atoms with E-state index in [0.29, 0.717) is 0 Å². The molecular weight excluding hydrogens is 216 g/mol. The predicted molar refractivity (Wildman–Crippen MR) is 77.7 cm³/mol. The summed E-state index contributed by atoms with van der Waals surface area (Å²) in [4.78, 5) is 0. The van der Waals surface area contributed by atoms with Crippen LogP contribution in [0.2, 0.25) is 0 Å². The SMILES string of the molecule is CCc1ccccc1C#Cc1c(C)cccc1C. The zero-order valence-corrected chi connectivity index (χ0v) is 11.2. The van der Waals surface area contributed by atoms with E-state index in [1.807, 2.05) is 6.07 Å². The Morgan fingerprint density at radius 2 is 1.50 bits per heavy atom. The summed E-state index contributed by atoms with van der Waals surface area (Å²) in [6.45, 7) is 6.39. The molecule has 90 valence electrons. The standard InChI is InChI=1S/C18H18/c1-4-16-10-5-6-11-17(16)12-13-18-14(2)8-7-9-15(18)3/h5-11H,4H2,1-3H3. The molecule has 2 aromatic carbocycles. The smallest absolute Gasteiger partial charge is 0.0307 e. The van der Waals surface area contributed by atoms with Crippen molar-refractivity contribution in [2.24, 2.45) is 0 Å². The van der Waals surface area contributed by atoms with Crippen molar-refractivity contribution in [1.82, 2.24) is 0 Å². The first kappa shape index (κ1) is 12.5. The molecule has 0 fully saturated rings. The highest BCUT2D eigenvalue weighted by molar-refractivity contribution is 5.51. The molecule has 0 nitrogen and oxygen atoms in total. The quantitative estimate of drug-likeness (QED) is 0.646. The Morgan fingerprint density at radius 1 is 0.833 bits per heavy atom. The van der Waals surface area contributed by atoms with E-state index in [1.165, 1.54) is 16.7 Å². The maximum atomic E-state index is 3.32. The van der Waals surface area contributed by atoms with Crippen LogP contribution < -0.4 is 0 Å². The van der Waals surface area contributed by atoms with Gasteiger partial charge in [-0.2, -0.15) is 0 Å². The number of hydrogen-bond donors (Lipinski definition) is 0. The van der Waals surface area contributed by atoms with Gasteiger partial charge in [0.05, 0.1) is 0 Å². The Bertz CT molecular complexity index is 589. The largest absolute Gasteiger partial charge is 0.0619 e. The number of rotatable bonds is 1. The highest BCUT2D eigenvalue weighted by atomic mass is 14.0. The van der Waals surface area contributed by atoms with Crippen LogP contribution in [0, 0.1) is 25.7 Å². The monoisotopic (exact) mass is 234 g/mol. The molecule has 0 N–H and O–H groups in total. The van der Waals surface area contributed by atoms with Crippen LogP contribution in [0.3, 0.4) is 0 Å². The van der Waals surface area contributed by atoms with Crippen molar-refractivity contribution in [3.05, 3.63) is 70.3 Å². The van der Waals surface area contributed by atoms with Gasteiger partial charge in [-0.3, -0.25) is 0 Å². The molecule has 0 spiro atoms. The molecular formula is C18H18. The van der Waals surface area contributed by atoms with Gasteiger partial charge in [-0.05, 0) is 43.0 Å². The number of benzene rings is 2. The van der Waals surface area contributed by atoms with Crippen LogP contribution in [0.25, 0.3) is 0 Å². The van der Waals surface area contributed by atoms with Crippen LogP contribution in [-0.2, 0) is 6.42 Å². The van der Waals surface area contributed by atoms with E-state index in [0.717, 1.165) is 17.5 Å². The van der Waals surface area contributed by atoms with Crippen molar-refractivity contribution in [3.8, 4) is 11.8 Å². The summed E-state index contributed by atoms with van der Waals surface area (Å²) >= 11 is 0. The molecule has 2 rings (SSSR count). The highest BCUT2D eigenvalue weighted by Gasteiger charge is 1.99. The minimum atomic E-state index is 1.03. The van der Waals surface area contributed by atoms with E-state index in [1.54, 1.807) is 0 Å². The second-order valence-electron chi connectivity index (χ2n) is 4.53. The predicted octanol–water partition coefficient (Wildman–Crippen LogP) is 4.27. The van der Waals surface area contributed by atoms with E-state index >= 15 is 0 Å². The summed E-state index contributed by atoms with van der Waals surface area (Å²) in [6.07, 6.45) is 1.03. The van der Waals surface area contributed by atoms with Crippen LogP contribution in [-0.4, -0.2) is 0 Å². The van der Waals surface area contributed by atoms with E-state index in [2.05, 4.69) is 69.0 Å². The van der Waals surface area contributed by atoms with Gasteiger partial charge < -0.3 is 0 Å². The Balaban J connectivity index is 2.43. The van der Waals surface area contributed by atoms with Gasteiger partial charge in [-0.25, -0.2) is 0 Å². The second-order valence-corrected chi connectivity index (χ2v) is 4.53. The Labute approximate surface area is 110 Å². The maximum absolute atomic E-state index is 3.32. The van der Waals surface area contributed by atoms with Crippen LogP contribution in [0.15, 0.2) is 42.5 Å². The summed E-state index contributed by atoms with van der Waals surface area (Å²) in [7, 11) is 0. The van der Waals surface area contributed by atoms with Gasteiger partial charge >= 0.3 is 0 Å². The zero-order valence-electron chi connectivity index (χ0n) is 11.2. The molecule has 0 radical (unpaired) electrons. The topological polar surface area (TPSA) is 0 Å². The van der Waals surface area contributed by atoms with Gasteiger partial charge in [0.2, 0.25) is 0 Å². The molecule has 0 heterocycles. The normalized spacial score (nSPS) is 9.72. The van der Waals surface area contributed by atoms with Crippen molar-refractivity contribution < 1.29 is 0 Å². The third-order valence-electron chi connectivity index (χ3n) is 3.20. The van der Waals surface area contributed by atoms with Crippen molar-refractivity contribution in [2.75, 3.05) is 0 Å². The lowest BCUT2D eigenvalue weighted by Gasteiger charge is -2.02. The third kappa shape index (κ3) is 2.63. The average Bonchev–Trinajstić information content (AvgIpc) is 2.38.